The number of imidazole rings is 1. The highest BCUT2D eigenvalue weighted by atomic mass is 16.1. The van der Waals surface area contributed by atoms with Gasteiger partial charge in [-0.2, -0.15) is 0 Å². The van der Waals surface area contributed by atoms with E-state index in [1.54, 1.807) is 12.4 Å². The predicted octanol–water partition coefficient (Wildman–Crippen LogP) is 5.89. The molecule has 5 aromatic rings. The van der Waals surface area contributed by atoms with Gasteiger partial charge in [0.05, 0.1) is 0 Å². The van der Waals surface area contributed by atoms with Crippen molar-refractivity contribution >= 4 is 28.7 Å². The highest BCUT2D eigenvalue weighted by molar-refractivity contribution is 6.04. The Labute approximate surface area is 232 Å². The number of hydrogen-bond acceptors (Lipinski definition) is 6. The molecule has 1 aliphatic heterocycles. The number of carbonyl (C=O) groups excluding carboxylic acids is 1. The first kappa shape index (κ1) is 24.3. The fourth-order valence-electron chi connectivity index (χ4n) is 5.79. The molecule has 7 rings (SSSR count). The summed E-state index contributed by atoms with van der Waals surface area (Å²) in [6.45, 7) is 1.92. The van der Waals surface area contributed by atoms with Crippen molar-refractivity contribution in [2.45, 2.75) is 37.5 Å². The zero-order chi connectivity index (χ0) is 27.1. The van der Waals surface area contributed by atoms with E-state index < -0.39 is 0 Å². The Hall–Kier alpha value is -4.72. The number of aromatic nitrogens is 4. The van der Waals surface area contributed by atoms with Crippen LogP contribution in [0.4, 0.5) is 17.3 Å². The molecule has 2 aliphatic rings. The molecule has 3 aromatic heterocycles. The van der Waals surface area contributed by atoms with Crippen molar-refractivity contribution < 1.29 is 4.79 Å². The Kier molecular flexibility index (Phi) is 6.15. The van der Waals surface area contributed by atoms with Crippen LogP contribution in [0, 0.1) is 0 Å². The number of benzene rings is 2. The number of pyridine rings is 1. The van der Waals surface area contributed by atoms with Gasteiger partial charge in [-0.25, -0.2) is 15.0 Å². The van der Waals surface area contributed by atoms with E-state index in [4.69, 9.17) is 10.7 Å². The minimum atomic E-state index is -0.188. The van der Waals surface area contributed by atoms with Crippen molar-refractivity contribution in [3.63, 3.8) is 0 Å². The second kappa shape index (κ2) is 10.1. The van der Waals surface area contributed by atoms with E-state index in [1.165, 1.54) is 24.1 Å². The molecule has 0 radical (unpaired) electrons. The Morgan fingerprint density at radius 2 is 1.75 bits per heavy atom. The monoisotopic (exact) mass is 529 g/mol. The molecule has 1 aliphatic carbocycles. The first-order chi connectivity index (χ1) is 19.6. The summed E-state index contributed by atoms with van der Waals surface area (Å²) in [5.41, 5.74) is 11.9. The van der Waals surface area contributed by atoms with Gasteiger partial charge in [0.15, 0.2) is 0 Å². The van der Waals surface area contributed by atoms with Gasteiger partial charge >= 0.3 is 0 Å². The van der Waals surface area contributed by atoms with Crippen LogP contribution in [0.1, 0.15) is 59.3 Å². The van der Waals surface area contributed by atoms with Crippen molar-refractivity contribution in [3.05, 3.63) is 102 Å². The van der Waals surface area contributed by atoms with Crippen LogP contribution in [0.5, 0.6) is 0 Å². The van der Waals surface area contributed by atoms with Crippen LogP contribution in [0.15, 0.2) is 85.3 Å². The van der Waals surface area contributed by atoms with Gasteiger partial charge in [-0.3, -0.25) is 9.20 Å². The number of rotatable bonds is 6. The highest BCUT2D eigenvalue weighted by Crippen LogP contribution is 2.40. The summed E-state index contributed by atoms with van der Waals surface area (Å²) in [5.74, 6) is 2.68. The average molecular weight is 530 g/mol. The van der Waals surface area contributed by atoms with Gasteiger partial charge in [-0.1, -0.05) is 30.3 Å². The number of carbonyl (C=O) groups is 1. The molecular weight excluding hydrogens is 498 g/mol. The minimum absolute atomic E-state index is 0.188. The third-order valence-corrected chi connectivity index (χ3v) is 8.01. The molecule has 1 atom stereocenters. The Bertz CT molecular complexity index is 1680. The van der Waals surface area contributed by atoms with Crippen molar-refractivity contribution in [3.8, 4) is 11.3 Å². The highest BCUT2D eigenvalue weighted by Gasteiger charge is 2.28. The molecule has 1 amide bonds. The summed E-state index contributed by atoms with van der Waals surface area (Å²) in [6, 6.07) is 22.1. The lowest BCUT2D eigenvalue weighted by atomic mass is 9.96. The minimum Gasteiger partial charge on any atom is -0.382 e. The molecule has 8 heteroatoms. The van der Waals surface area contributed by atoms with Crippen LogP contribution in [0.25, 0.3) is 16.8 Å². The summed E-state index contributed by atoms with van der Waals surface area (Å²) in [5, 5.41) is 2.94. The van der Waals surface area contributed by atoms with Gasteiger partial charge in [-0.15, -0.1) is 0 Å². The van der Waals surface area contributed by atoms with Crippen LogP contribution in [-0.2, 0) is 0 Å². The van der Waals surface area contributed by atoms with Gasteiger partial charge in [0.1, 0.15) is 28.7 Å². The van der Waals surface area contributed by atoms with Gasteiger partial charge in [-0.05, 0) is 73.6 Å². The molecule has 2 fully saturated rings. The molecule has 2 aromatic carbocycles. The van der Waals surface area contributed by atoms with Crippen molar-refractivity contribution in [2.75, 3.05) is 29.0 Å². The molecule has 40 heavy (non-hydrogen) atoms. The summed E-state index contributed by atoms with van der Waals surface area (Å²) in [4.78, 5) is 29.3. The number of nitrogens with two attached hydrogens (primary N) is 1. The number of hydrogen-bond donors (Lipinski definition) is 2. The van der Waals surface area contributed by atoms with Crippen molar-refractivity contribution in [1.29, 1.82) is 0 Å². The molecule has 8 nitrogen and oxygen atoms in total. The van der Waals surface area contributed by atoms with Crippen LogP contribution in [-0.4, -0.2) is 38.3 Å². The van der Waals surface area contributed by atoms with E-state index in [-0.39, 0.29) is 11.8 Å². The van der Waals surface area contributed by atoms with Crippen LogP contribution in [0.3, 0.4) is 0 Å². The van der Waals surface area contributed by atoms with Crippen LogP contribution < -0.4 is 16.0 Å². The van der Waals surface area contributed by atoms with Gasteiger partial charge in [0.25, 0.3) is 5.91 Å². The molecule has 3 N–H and O–H groups in total. The lowest BCUT2D eigenvalue weighted by molar-refractivity contribution is 0.102. The number of nitrogen functional groups attached to an aromatic ring is 1. The van der Waals surface area contributed by atoms with Crippen LogP contribution >= 0.6 is 0 Å². The Morgan fingerprint density at radius 1 is 0.925 bits per heavy atom. The first-order valence-electron chi connectivity index (χ1n) is 13.9. The number of para-hydroxylation sites is 1. The lowest BCUT2D eigenvalue weighted by Crippen LogP contribution is -2.35. The summed E-state index contributed by atoms with van der Waals surface area (Å²) in [6.07, 6.45) is 9.99. The third kappa shape index (κ3) is 4.66. The van der Waals surface area contributed by atoms with Gasteiger partial charge in [0.2, 0.25) is 0 Å². The van der Waals surface area contributed by atoms with E-state index >= 15 is 0 Å². The summed E-state index contributed by atoms with van der Waals surface area (Å²) < 4.78 is 2.09. The van der Waals surface area contributed by atoms with Gasteiger partial charge < -0.3 is 16.0 Å². The third-order valence-electron chi connectivity index (χ3n) is 8.01. The zero-order valence-corrected chi connectivity index (χ0v) is 22.2. The fraction of sp³-hybridized carbons (Fsp3) is 0.250. The molecule has 4 heterocycles. The quantitative estimate of drug-likeness (QED) is 0.285. The molecule has 0 unspecified atom stereocenters. The maximum Gasteiger partial charge on any atom is 0.256 e. The SMILES string of the molecule is Nc1nccn2c([C@@H]3CCCN(c4ccccc4)C3)nc(-c3ccc(C(=O)Nc4cc(C5CC5)ccn4)cc3)c12. The summed E-state index contributed by atoms with van der Waals surface area (Å²) in [7, 11) is 0. The molecule has 1 saturated heterocycles. The predicted molar refractivity (Wildman–Crippen MR) is 158 cm³/mol. The number of nitrogens with zero attached hydrogens (tertiary/aromatic N) is 5. The van der Waals surface area contributed by atoms with Crippen molar-refractivity contribution in [2.24, 2.45) is 0 Å². The molecule has 1 saturated carbocycles. The maximum absolute atomic E-state index is 13.0. The second-order valence-electron chi connectivity index (χ2n) is 10.8. The van der Waals surface area contributed by atoms with Gasteiger partial charge in [0, 0.05) is 54.4 Å². The van der Waals surface area contributed by atoms with Crippen LogP contribution in [0.2, 0.25) is 0 Å². The second-order valence-corrected chi connectivity index (χ2v) is 10.8. The van der Waals surface area contributed by atoms with Crippen molar-refractivity contribution in [1.82, 2.24) is 19.4 Å². The zero-order valence-electron chi connectivity index (χ0n) is 22.2. The number of nitrogens with one attached hydrogen (secondary N) is 1. The maximum atomic E-state index is 13.0. The largest absolute Gasteiger partial charge is 0.382 e. The smallest absolute Gasteiger partial charge is 0.256 e. The number of piperidine rings is 1. The Morgan fingerprint density at radius 3 is 2.55 bits per heavy atom. The number of amides is 1. The average Bonchev–Trinajstić information content (AvgIpc) is 3.78. The Balaban J connectivity index is 1.16. The molecule has 200 valence electrons. The normalized spacial score (nSPS) is 17.2. The van der Waals surface area contributed by atoms with E-state index in [1.807, 2.05) is 48.7 Å². The van der Waals surface area contributed by atoms with E-state index in [0.717, 1.165) is 48.5 Å². The number of anilines is 3. The molecule has 0 bridgehead atoms. The fourth-order valence-corrected chi connectivity index (χ4v) is 5.79. The van der Waals surface area contributed by atoms with E-state index in [9.17, 15) is 4.79 Å². The number of fused-ring (bicyclic) bond motifs is 1. The van der Waals surface area contributed by atoms with E-state index in [2.05, 4.69) is 48.9 Å². The standard InChI is InChI=1S/C32H31N7O/c33-30-29-28(22-10-12-23(13-11-22)32(40)36-27-19-24(14-15-34-27)21-8-9-21)37-31(39(29)18-16-35-30)25-5-4-17-38(20-25)26-6-2-1-3-7-26/h1-3,6-7,10-16,18-19,21,25H,4-5,8-9,17,20H2,(H2,33,35)(H,34,36,40)/t25-/m1/s1. The topological polar surface area (TPSA) is 101 Å². The summed E-state index contributed by atoms with van der Waals surface area (Å²) >= 11 is 0. The van der Waals surface area contributed by atoms with E-state index in [0.29, 0.717) is 23.1 Å². The molecule has 0 spiro atoms. The first-order valence-corrected chi connectivity index (χ1v) is 13.9. The lowest BCUT2D eigenvalue weighted by Gasteiger charge is -2.34. The molecular formula is C32H31N7O.